The molecule has 3 heteroatoms. The molecular formula is C17H32N2O. The molecule has 3 rings (SSSR count). The first-order valence-corrected chi connectivity index (χ1v) is 8.09. The molecule has 0 aliphatic carbocycles. The first-order chi connectivity index (χ1) is 9.05. The van der Waals surface area contributed by atoms with Crippen molar-refractivity contribution in [3.05, 3.63) is 0 Å². The van der Waals surface area contributed by atoms with E-state index >= 15 is 0 Å². The van der Waals surface area contributed by atoms with Gasteiger partial charge in [0.15, 0.2) is 0 Å². The van der Waals surface area contributed by atoms with Gasteiger partial charge in [-0.1, -0.05) is 41.5 Å². The van der Waals surface area contributed by atoms with Crippen LogP contribution in [0.15, 0.2) is 0 Å². The number of piperidine rings is 1. The predicted molar refractivity (Wildman–Crippen MR) is 83.6 cm³/mol. The van der Waals surface area contributed by atoms with Crippen LogP contribution in [0.5, 0.6) is 0 Å². The van der Waals surface area contributed by atoms with E-state index in [1.54, 1.807) is 0 Å². The summed E-state index contributed by atoms with van der Waals surface area (Å²) in [6.45, 7) is 16.7. The number of hydrogen-bond acceptors (Lipinski definition) is 2. The van der Waals surface area contributed by atoms with Crippen LogP contribution >= 0.6 is 0 Å². The molecule has 116 valence electrons. The van der Waals surface area contributed by atoms with Crippen molar-refractivity contribution in [2.75, 3.05) is 19.6 Å². The molecule has 0 radical (unpaired) electrons. The highest BCUT2D eigenvalue weighted by Gasteiger charge is 2.47. The Balaban J connectivity index is 1.82. The van der Waals surface area contributed by atoms with Crippen LogP contribution in [-0.4, -0.2) is 47.4 Å². The van der Waals surface area contributed by atoms with Crippen molar-refractivity contribution in [3.8, 4) is 0 Å². The zero-order chi connectivity index (χ0) is 15.1. The molecule has 0 aromatic rings. The minimum Gasteiger partial charge on any atom is -0.334 e. The van der Waals surface area contributed by atoms with Crippen LogP contribution < -0.4 is 0 Å². The summed E-state index contributed by atoms with van der Waals surface area (Å²) in [5.41, 5.74) is 0.510. The third-order valence-electron chi connectivity index (χ3n) is 4.42. The molecule has 0 aromatic heterocycles. The van der Waals surface area contributed by atoms with Crippen molar-refractivity contribution in [2.45, 2.75) is 72.9 Å². The van der Waals surface area contributed by atoms with Gasteiger partial charge in [-0.15, -0.1) is 0 Å². The normalized spacial score (nSPS) is 27.4. The lowest BCUT2D eigenvalue weighted by molar-refractivity contribution is -0.156. The van der Waals surface area contributed by atoms with Gasteiger partial charge in [0.1, 0.15) is 0 Å². The fourth-order valence-corrected chi connectivity index (χ4v) is 3.33. The van der Waals surface area contributed by atoms with E-state index in [1.807, 2.05) is 0 Å². The number of carbonyl (C=O) groups excluding carboxylic acids is 1. The Bertz CT molecular complexity index is 352. The van der Waals surface area contributed by atoms with Gasteiger partial charge >= 0.3 is 0 Å². The summed E-state index contributed by atoms with van der Waals surface area (Å²) < 4.78 is 0. The highest BCUT2D eigenvalue weighted by molar-refractivity contribution is 5.78. The molecule has 3 heterocycles. The molecule has 1 amide bonds. The van der Waals surface area contributed by atoms with Gasteiger partial charge in [0.05, 0.1) is 0 Å². The summed E-state index contributed by atoms with van der Waals surface area (Å²) in [7, 11) is 0. The predicted octanol–water partition coefficient (Wildman–Crippen LogP) is 3.14. The van der Waals surface area contributed by atoms with Crippen LogP contribution in [0.2, 0.25) is 0 Å². The third-order valence-corrected chi connectivity index (χ3v) is 4.42. The van der Waals surface area contributed by atoms with E-state index in [1.165, 1.54) is 19.4 Å². The van der Waals surface area contributed by atoms with E-state index in [9.17, 15) is 4.79 Å². The lowest BCUT2D eigenvalue weighted by Gasteiger charge is -2.57. The average molecular weight is 280 g/mol. The van der Waals surface area contributed by atoms with Gasteiger partial charge in [-0.05, 0) is 30.2 Å². The summed E-state index contributed by atoms with van der Waals surface area (Å²) >= 11 is 0. The Labute approximate surface area is 124 Å². The molecule has 0 aromatic carbocycles. The smallest absolute Gasteiger partial charge is 0.223 e. The van der Waals surface area contributed by atoms with E-state index < -0.39 is 0 Å². The first kappa shape index (κ1) is 15.8. The standard InChI is InChI=1S/C17H32N2O/c1-16(2,3)7-8-18-11-13-9-14(12-18)19(13)15(20)10-17(4,5)6/h13-14H,7-12H2,1-6H3. The molecule has 20 heavy (non-hydrogen) atoms. The van der Waals surface area contributed by atoms with E-state index in [-0.39, 0.29) is 5.41 Å². The van der Waals surface area contributed by atoms with Crippen LogP contribution in [0.3, 0.4) is 0 Å². The maximum atomic E-state index is 12.4. The molecule has 3 aliphatic heterocycles. The largest absolute Gasteiger partial charge is 0.334 e. The fourth-order valence-electron chi connectivity index (χ4n) is 3.33. The molecule has 3 saturated heterocycles. The zero-order valence-electron chi connectivity index (χ0n) is 14.2. The monoisotopic (exact) mass is 280 g/mol. The quantitative estimate of drug-likeness (QED) is 0.793. The summed E-state index contributed by atoms with van der Waals surface area (Å²) in [5, 5.41) is 0. The van der Waals surface area contributed by atoms with Crippen molar-refractivity contribution in [2.24, 2.45) is 10.8 Å². The van der Waals surface area contributed by atoms with Gasteiger partial charge < -0.3 is 4.90 Å². The lowest BCUT2D eigenvalue weighted by Crippen LogP contribution is -2.70. The van der Waals surface area contributed by atoms with Gasteiger partial charge in [0.25, 0.3) is 0 Å². The molecule has 3 aliphatic rings. The van der Waals surface area contributed by atoms with E-state index in [0.717, 1.165) is 13.1 Å². The van der Waals surface area contributed by atoms with Gasteiger partial charge in [-0.25, -0.2) is 0 Å². The minimum atomic E-state index is 0.104. The molecule has 2 bridgehead atoms. The van der Waals surface area contributed by atoms with Crippen molar-refractivity contribution >= 4 is 5.91 Å². The van der Waals surface area contributed by atoms with E-state index in [4.69, 9.17) is 0 Å². The topological polar surface area (TPSA) is 23.6 Å². The summed E-state index contributed by atoms with van der Waals surface area (Å²) in [6, 6.07) is 0.979. The summed E-state index contributed by atoms with van der Waals surface area (Å²) in [6.07, 6.45) is 3.15. The van der Waals surface area contributed by atoms with Gasteiger partial charge in [0, 0.05) is 31.6 Å². The zero-order valence-corrected chi connectivity index (χ0v) is 14.2. The van der Waals surface area contributed by atoms with Gasteiger partial charge in [-0.2, -0.15) is 0 Å². The number of fused-ring (bicyclic) bond motifs is 2. The molecule has 2 unspecified atom stereocenters. The van der Waals surface area contributed by atoms with Gasteiger partial charge in [0.2, 0.25) is 5.91 Å². The second kappa shape index (κ2) is 5.32. The van der Waals surface area contributed by atoms with E-state index in [2.05, 4.69) is 51.3 Å². The maximum Gasteiger partial charge on any atom is 0.223 e. The second-order valence-electron chi connectivity index (χ2n) is 9.15. The number of carbonyl (C=O) groups is 1. The van der Waals surface area contributed by atoms with Crippen molar-refractivity contribution in [1.82, 2.24) is 9.80 Å². The molecular weight excluding hydrogens is 248 g/mol. The second-order valence-corrected chi connectivity index (χ2v) is 9.15. The third kappa shape index (κ3) is 3.97. The average Bonchev–Trinajstić information content (AvgIpc) is 2.22. The lowest BCUT2D eigenvalue weighted by atomic mass is 9.83. The fraction of sp³-hybridized carbons (Fsp3) is 0.941. The number of nitrogens with zero attached hydrogens (tertiary/aromatic N) is 2. The Morgan fingerprint density at radius 2 is 1.55 bits per heavy atom. The molecule has 3 nitrogen and oxygen atoms in total. The van der Waals surface area contributed by atoms with Gasteiger partial charge in [-0.3, -0.25) is 9.69 Å². The Morgan fingerprint density at radius 1 is 1.00 bits per heavy atom. The number of hydrogen-bond donors (Lipinski definition) is 0. The van der Waals surface area contributed by atoms with Crippen LogP contribution in [0.1, 0.15) is 60.8 Å². The summed E-state index contributed by atoms with van der Waals surface area (Å²) in [5.74, 6) is 0.370. The number of amides is 1. The van der Waals surface area contributed by atoms with Crippen molar-refractivity contribution in [1.29, 1.82) is 0 Å². The Morgan fingerprint density at radius 3 is 2.00 bits per heavy atom. The molecule has 0 N–H and O–H groups in total. The summed E-state index contributed by atoms with van der Waals surface area (Å²) in [4.78, 5) is 17.1. The Kier molecular flexibility index (Phi) is 4.21. The molecule has 0 saturated carbocycles. The number of rotatable bonds is 3. The molecule has 0 spiro atoms. The van der Waals surface area contributed by atoms with Crippen LogP contribution in [0, 0.1) is 10.8 Å². The minimum absolute atomic E-state index is 0.104. The van der Waals surface area contributed by atoms with Crippen LogP contribution in [0.25, 0.3) is 0 Å². The Hall–Kier alpha value is -0.570. The first-order valence-electron chi connectivity index (χ1n) is 8.09. The maximum absolute atomic E-state index is 12.4. The SMILES string of the molecule is CC(C)(C)CCN1CC2CC(C1)N2C(=O)CC(C)(C)C. The molecule has 3 fully saturated rings. The van der Waals surface area contributed by atoms with E-state index in [0.29, 0.717) is 29.8 Å². The highest BCUT2D eigenvalue weighted by atomic mass is 16.2. The van der Waals surface area contributed by atoms with Crippen molar-refractivity contribution < 1.29 is 4.79 Å². The molecule has 2 atom stereocenters. The van der Waals surface area contributed by atoms with Crippen molar-refractivity contribution in [3.63, 3.8) is 0 Å². The number of piperazine rings is 1. The van der Waals surface area contributed by atoms with Crippen LogP contribution in [-0.2, 0) is 4.79 Å². The van der Waals surface area contributed by atoms with Crippen LogP contribution in [0.4, 0.5) is 0 Å². The highest BCUT2D eigenvalue weighted by Crippen LogP contribution is 2.35.